The van der Waals surface area contributed by atoms with Gasteiger partial charge in [-0.2, -0.15) is 0 Å². The van der Waals surface area contributed by atoms with Gasteiger partial charge in [0, 0.05) is 62.6 Å². The minimum absolute atomic E-state index is 0.103. The van der Waals surface area contributed by atoms with Crippen LogP contribution in [-0.4, -0.2) is 72.5 Å². The lowest BCUT2D eigenvalue weighted by Gasteiger charge is -2.48. The van der Waals surface area contributed by atoms with Crippen LogP contribution < -0.4 is 10.6 Å². The van der Waals surface area contributed by atoms with E-state index in [-0.39, 0.29) is 5.88 Å². The summed E-state index contributed by atoms with van der Waals surface area (Å²) in [5.74, 6) is 0.481. The molecule has 0 aliphatic carbocycles. The fourth-order valence-electron chi connectivity index (χ4n) is 5.57. The summed E-state index contributed by atoms with van der Waals surface area (Å²) in [6, 6.07) is 13.2. The van der Waals surface area contributed by atoms with E-state index < -0.39 is 0 Å². The number of nitrogens with zero attached hydrogens (tertiary/aromatic N) is 5. The number of likely N-dealkylation sites (tertiary alicyclic amines) is 1. The number of aryl methyl sites for hydroxylation is 1. The second kappa shape index (κ2) is 12.0. The summed E-state index contributed by atoms with van der Waals surface area (Å²) >= 11 is 6.06. The summed E-state index contributed by atoms with van der Waals surface area (Å²) in [5.41, 5.74) is 10.6. The van der Waals surface area contributed by atoms with Gasteiger partial charge < -0.3 is 20.3 Å². The third-order valence-corrected chi connectivity index (χ3v) is 7.79. The Hall–Kier alpha value is -3.03. The van der Waals surface area contributed by atoms with Gasteiger partial charge in [0.2, 0.25) is 5.90 Å². The Labute approximate surface area is 226 Å². The molecule has 2 N–H and O–H groups in total. The van der Waals surface area contributed by atoms with Crippen LogP contribution in [0.4, 0.5) is 5.69 Å². The van der Waals surface area contributed by atoms with Crippen LogP contribution in [0.2, 0.25) is 5.02 Å². The molecule has 0 saturated carbocycles. The Morgan fingerprint density at radius 3 is 2.41 bits per heavy atom. The fourth-order valence-corrected chi connectivity index (χ4v) is 5.69. The van der Waals surface area contributed by atoms with Crippen molar-refractivity contribution in [3.63, 3.8) is 0 Å². The molecule has 8 heteroatoms. The van der Waals surface area contributed by atoms with Crippen molar-refractivity contribution in [1.82, 2.24) is 14.8 Å². The number of aliphatic imine (C=N–C) groups is 1. The van der Waals surface area contributed by atoms with Gasteiger partial charge in [0.1, 0.15) is 5.69 Å². The number of ether oxygens (including phenoxy) is 1. The first kappa shape index (κ1) is 27.0. The highest BCUT2D eigenvalue weighted by Crippen LogP contribution is 2.30. The zero-order chi connectivity index (χ0) is 26.5. The number of piperidine rings is 1. The smallest absolute Gasteiger partial charge is 0.242 e. The van der Waals surface area contributed by atoms with Gasteiger partial charge in [0.15, 0.2) is 5.88 Å². The lowest BCUT2D eigenvalue weighted by molar-refractivity contribution is 0.0769. The van der Waals surface area contributed by atoms with Gasteiger partial charge in [-0.25, -0.2) is 4.98 Å². The molecule has 198 valence electrons. The lowest BCUT2D eigenvalue weighted by Crippen LogP contribution is -2.58. The molecular formula is C29H39ClN6O. The number of benzene rings is 1. The van der Waals surface area contributed by atoms with Crippen molar-refractivity contribution >= 4 is 28.9 Å². The summed E-state index contributed by atoms with van der Waals surface area (Å²) in [4.78, 5) is 16.6. The van der Waals surface area contributed by atoms with Crippen LogP contribution in [0.25, 0.3) is 5.70 Å². The summed E-state index contributed by atoms with van der Waals surface area (Å²) in [6.07, 6.45) is 3.44. The van der Waals surface area contributed by atoms with E-state index >= 15 is 0 Å². The molecule has 2 aromatic rings. The molecule has 1 aromatic carbocycles. The molecule has 3 heterocycles. The van der Waals surface area contributed by atoms with Crippen molar-refractivity contribution in [2.75, 3.05) is 44.7 Å². The van der Waals surface area contributed by atoms with Gasteiger partial charge in [0.25, 0.3) is 0 Å². The summed E-state index contributed by atoms with van der Waals surface area (Å²) in [7, 11) is 1.66. The normalized spacial score (nSPS) is 19.7. The van der Waals surface area contributed by atoms with E-state index in [1.165, 1.54) is 0 Å². The zero-order valence-electron chi connectivity index (χ0n) is 22.3. The SMILES string of the molecule is C=C(N)O/C(=N\C)c1ccc(N2CCN(C3CCN(C(=C)c4ccc(Cl)cc4)CC3)[C@@H](CC)C2)c(C)n1. The third-order valence-electron chi connectivity index (χ3n) is 7.54. The van der Waals surface area contributed by atoms with Crippen molar-refractivity contribution < 1.29 is 4.74 Å². The zero-order valence-corrected chi connectivity index (χ0v) is 23.0. The number of rotatable bonds is 7. The van der Waals surface area contributed by atoms with Crippen molar-refractivity contribution in [3.8, 4) is 0 Å². The second-order valence-electron chi connectivity index (χ2n) is 9.82. The number of aromatic nitrogens is 1. The second-order valence-corrected chi connectivity index (χ2v) is 10.3. The predicted octanol–water partition coefficient (Wildman–Crippen LogP) is 4.90. The van der Waals surface area contributed by atoms with Crippen molar-refractivity contribution in [3.05, 3.63) is 77.4 Å². The van der Waals surface area contributed by atoms with Gasteiger partial charge in [-0.05, 0) is 62.6 Å². The number of hydrogen-bond acceptors (Lipinski definition) is 7. The molecular weight excluding hydrogens is 484 g/mol. The predicted molar refractivity (Wildman–Crippen MR) is 154 cm³/mol. The Bertz CT molecular complexity index is 1140. The van der Waals surface area contributed by atoms with E-state index in [0.29, 0.717) is 23.7 Å². The molecule has 0 amide bonds. The maximum atomic E-state index is 6.06. The van der Waals surface area contributed by atoms with Gasteiger partial charge in [-0.15, -0.1) is 0 Å². The fraction of sp³-hybridized carbons (Fsp3) is 0.448. The van der Waals surface area contributed by atoms with Crippen LogP contribution in [0, 0.1) is 6.92 Å². The van der Waals surface area contributed by atoms with Crippen LogP contribution in [-0.2, 0) is 4.74 Å². The number of hydrogen-bond donors (Lipinski definition) is 1. The number of anilines is 1. The molecule has 1 aromatic heterocycles. The maximum Gasteiger partial charge on any atom is 0.242 e. The molecule has 0 bridgehead atoms. The minimum atomic E-state index is 0.103. The molecule has 2 aliphatic heterocycles. The summed E-state index contributed by atoms with van der Waals surface area (Å²) in [5, 5.41) is 0.758. The molecule has 0 spiro atoms. The number of pyridine rings is 1. The van der Waals surface area contributed by atoms with Gasteiger partial charge in [-0.3, -0.25) is 9.89 Å². The van der Waals surface area contributed by atoms with Gasteiger partial charge >= 0.3 is 0 Å². The quantitative estimate of drug-likeness (QED) is 0.317. The molecule has 2 aliphatic rings. The lowest BCUT2D eigenvalue weighted by atomic mass is 9.97. The first-order valence-electron chi connectivity index (χ1n) is 13.1. The highest BCUT2D eigenvalue weighted by molar-refractivity contribution is 6.30. The number of piperazine rings is 1. The van der Waals surface area contributed by atoms with Crippen molar-refractivity contribution in [2.45, 2.75) is 45.2 Å². The molecule has 7 nitrogen and oxygen atoms in total. The van der Waals surface area contributed by atoms with Gasteiger partial charge in [-0.1, -0.05) is 37.2 Å². The molecule has 1 atom stereocenters. The van der Waals surface area contributed by atoms with Crippen LogP contribution >= 0.6 is 11.6 Å². The third kappa shape index (κ3) is 6.28. The Kier molecular flexibility index (Phi) is 8.77. The molecule has 37 heavy (non-hydrogen) atoms. The van der Waals surface area contributed by atoms with E-state index in [1.807, 2.05) is 25.1 Å². The maximum absolute atomic E-state index is 6.06. The number of nitrogens with two attached hydrogens (primary N) is 1. The van der Waals surface area contributed by atoms with Crippen LogP contribution in [0.3, 0.4) is 0 Å². The summed E-state index contributed by atoms with van der Waals surface area (Å²) < 4.78 is 5.43. The average molecular weight is 523 g/mol. The van der Waals surface area contributed by atoms with Gasteiger partial charge in [0.05, 0.1) is 11.4 Å². The standard InChI is InChI=1S/C29H39ClN6O/c1-6-25-19-35(28-12-11-27(33-20(28)2)29(32-5)37-22(4)31)17-18-36(25)26-13-15-34(16-14-26)21(3)23-7-9-24(30)10-8-23/h7-12,25-26H,3-4,6,13-19,31H2,1-2,5H3/b32-29-/t25-/m0/s1. The first-order valence-corrected chi connectivity index (χ1v) is 13.5. The molecule has 2 saturated heterocycles. The van der Waals surface area contributed by atoms with E-state index in [2.05, 4.69) is 58.0 Å². The van der Waals surface area contributed by atoms with Crippen LogP contribution in [0.5, 0.6) is 0 Å². The van der Waals surface area contributed by atoms with E-state index in [0.717, 1.165) is 79.7 Å². The topological polar surface area (TPSA) is 70.2 Å². The van der Waals surface area contributed by atoms with E-state index in [1.54, 1.807) is 7.05 Å². The highest BCUT2D eigenvalue weighted by atomic mass is 35.5. The largest absolute Gasteiger partial charge is 0.422 e. The van der Waals surface area contributed by atoms with Crippen LogP contribution in [0.15, 0.2) is 60.4 Å². The Balaban J connectivity index is 1.37. The van der Waals surface area contributed by atoms with Crippen molar-refractivity contribution in [1.29, 1.82) is 0 Å². The highest BCUT2D eigenvalue weighted by Gasteiger charge is 2.34. The monoisotopic (exact) mass is 522 g/mol. The van der Waals surface area contributed by atoms with Crippen molar-refractivity contribution in [2.24, 2.45) is 10.7 Å². The average Bonchev–Trinajstić information content (AvgIpc) is 2.91. The molecule has 0 radical (unpaired) electrons. The van der Waals surface area contributed by atoms with E-state index in [4.69, 9.17) is 27.1 Å². The Morgan fingerprint density at radius 2 is 1.81 bits per heavy atom. The minimum Gasteiger partial charge on any atom is -0.422 e. The van der Waals surface area contributed by atoms with Crippen LogP contribution in [0.1, 0.15) is 43.1 Å². The molecule has 2 fully saturated rings. The molecule has 0 unspecified atom stereocenters. The Morgan fingerprint density at radius 1 is 1.11 bits per heavy atom. The first-order chi connectivity index (χ1) is 17.8. The van der Waals surface area contributed by atoms with E-state index in [9.17, 15) is 0 Å². The molecule has 4 rings (SSSR count). The summed E-state index contributed by atoms with van der Waals surface area (Å²) in [6.45, 7) is 17.4. The number of halogens is 1.